The molecule has 0 saturated carbocycles. The predicted molar refractivity (Wildman–Crippen MR) is 139 cm³/mol. The van der Waals surface area contributed by atoms with Crippen LogP contribution in [0.4, 0.5) is 17.5 Å². The Morgan fingerprint density at radius 2 is 1.91 bits per heavy atom. The Morgan fingerprint density at radius 1 is 1.26 bits per heavy atom. The molecule has 0 unspecified atom stereocenters. The zero-order valence-corrected chi connectivity index (χ0v) is 21.6. The first-order valence-corrected chi connectivity index (χ1v) is 11.7. The highest BCUT2D eigenvalue weighted by molar-refractivity contribution is 7.80. The van der Waals surface area contributed by atoms with Crippen LogP contribution in [0.3, 0.4) is 0 Å². The zero-order valence-electron chi connectivity index (χ0n) is 19.3. The third-order valence-corrected chi connectivity index (χ3v) is 6.96. The number of rotatable bonds is 7. The van der Waals surface area contributed by atoms with E-state index < -0.39 is 0 Å². The highest BCUT2D eigenvalue weighted by Gasteiger charge is 2.34. The molecule has 2 aliphatic rings. The van der Waals surface area contributed by atoms with Gasteiger partial charge < -0.3 is 34.6 Å². The van der Waals surface area contributed by atoms with E-state index in [9.17, 15) is 4.79 Å². The summed E-state index contributed by atoms with van der Waals surface area (Å²) in [6.07, 6.45) is 2.94. The van der Waals surface area contributed by atoms with Gasteiger partial charge in [0.25, 0.3) is 0 Å². The first-order valence-electron chi connectivity index (χ1n) is 10.6. The molecule has 3 heterocycles. The van der Waals surface area contributed by atoms with E-state index in [1.165, 1.54) is 20.3 Å². The third-order valence-electron chi connectivity index (χ3n) is 5.73. The molecule has 186 valence electrons. The lowest BCUT2D eigenvalue weighted by molar-refractivity contribution is -0.117. The van der Waals surface area contributed by atoms with Gasteiger partial charge in [-0.15, -0.1) is 0 Å². The molecule has 13 heteroatoms. The number of amides is 1. The Labute approximate surface area is 218 Å². The van der Waals surface area contributed by atoms with Crippen molar-refractivity contribution >= 4 is 63.9 Å². The monoisotopic (exact) mass is 538 g/mol. The Morgan fingerprint density at radius 3 is 2.54 bits per heavy atom. The van der Waals surface area contributed by atoms with Crippen molar-refractivity contribution in [3.63, 3.8) is 0 Å². The van der Waals surface area contributed by atoms with E-state index in [0.717, 1.165) is 5.56 Å². The molecule has 2 N–H and O–H groups in total. The molecule has 0 bridgehead atoms. The van der Waals surface area contributed by atoms with Gasteiger partial charge >= 0.3 is 0 Å². The summed E-state index contributed by atoms with van der Waals surface area (Å²) >= 11 is 19.0. The van der Waals surface area contributed by atoms with Crippen LogP contribution in [0.2, 0.25) is 10.0 Å². The molecule has 1 fully saturated rings. The van der Waals surface area contributed by atoms with Gasteiger partial charge in [0, 0.05) is 24.9 Å². The Bertz CT molecular complexity index is 1150. The number of nitrogens with zero attached hydrogens (tertiary/aromatic N) is 4. The fourth-order valence-corrected chi connectivity index (χ4v) is 4.86. The smallest absolute Gasteiger partial charge is 0.243 e. The molecule has 1 aromatic carbocycles. The molecule has 0 radical (unpaired) electrons. The van der Waals surface area contributed by atoms with Gasteiger partial charge in [-0.25, -0.2) is 4.98 Å². The molecule has 1 aromatic heterocycles. The van der Waals surface area contributed by atoms with Gasteiger partial charge in [0.1, 0.15) is 27.4 Å². The minimum Gasteiger partial charge on any atom is -0.495 e. The highest BCUT2D eigenvalue weighted by atomic mass is 35.5. The second-order valence-electron chi connectivity index (χ2n) is 7.84. The number of carbonyl (C=O) groups is 1. The number of fused-ring (bicyclic) bond motifs is 1. The number of halogens is 2. The number of aromatic nitrogens is 2. The van der Waals surface area contributed by atoms with Gasteiger partial charge in [-0.3, -0.25) is 4.79 Å². The summed E-state index contributed by atoms with van der Waals surface area (Å²) in [5, 5.41) is 7.14. The van der Waals surface area contributed by atoms with Gasteiger partial charge in [0.2, 0.25) is 11.9 Å². The molecular weight excluding hydrogens is 515 g/mol. The molecule has 1 saturated heterocycles. The van der Waals surface area contributed by atoms with Crippen LogP contribution < -0.4 is 29.9 Å². The summed E-state index contributed by atoms with van der Waals surface area (Å²) in [6, 6.07) is 1.19. The lowest BCUT2D eigenvalue weighted by Crippen LogP contribution is -2.47. The predicted octanol–water partition coefficient (Wildman–Crippen LogP) is 3.02. The largest absolute Gasteiger partial charge is 0.495 e. The fraction of sp³-hybridized carbons (Fsp3) is 0.364. The van der Waals surface area contributed by atoms with Gasteiger partial charge in [0.15, 0.2) is 5.11 Å². The van der Waals surface area contributed by atoms with Crippen molar-refractivity contribution in [2.75, 3.05) is 49.6 Å². The molecule has 35 heavy (non-hydrogen) atoms. The van der Waals surface area contributed by atoms with E-state index in [4.69, 9.17) is 49.6 Å². The molecule has 0 spiro atoms. The van der Waals surface area contributed by atoms with Crippen LogP contribution in [0.25, 0.3) is 0 Å². The number of methoxy groups -OCH3 is 2. The average molecular weight is 539 g/mol. The SMILES string of the molecule is C=CC(=O)N[C@H]1COC[C@H]1Nc1ncc2c(n1)N(C)C(=S)N(c1c(Cl)c(OC)cc(OC)c1Cl)C2. The second kappa shape index (κ2) is 10.4. The van der Waals surface area contributed by atoms with Crippen molar-refractivity contribution in [3.8, 4) is 11.5 Å². The Balaban J connectivity index is 1.62. The summed E-state index contributed by atoms with van der Waals surface area (Å²) in [4.78, 5) is 24.4. The summed E-state index contributed by atoms with van der Waals surface area (Å²) < 4.78 is 16.3. The van der Waals surface area contributed by atoms with Crippen LogP contribution in [0.1, 0.15) is 5.56 Å². The Hall–Kier alpha value is -2.86. The molecule has 0 aliphatic carbocycles. The summed E-state index contributed by atoms with van der Waals surface area (Å²) in [7, 11) is 4.83. The number of benzene rings is 1. The first kappa shape index (κ1) is 25.2. The summed E-state index contributed by atoms with van der Waals surface area (Å²) in [5.74, 6) is 1.57. The first-order chi connectivity index (χ1) is 16.8. The van der Waals surface area contributed by atoms with E-state index in [0.29, 0.717) is 63.9 Å². The molecule has 4 rings (SSSR count). The van der Waals surface area contributed by atoms with Crippen molar-refractivity contribution in [1.29, 1.82) is 0 Å². The summed E-state index contributed by atoms with van der Waals surface area (Å²) in [5.41, 5.74) is 1.28. The number of hydrogen-bond acceptors (Lipinski definition) is 8. The maximum Gasteiger partial charge on any atom is 0.243 e. The quantitative estimate of drug-likeness (QED) is 0.404. The van der Waals surface area contributed by atoms with Gasteiger partial charge in [-0.1, -0.05) is 29.8 Å². The number of thiocarbonyl (C=S) groups is 1. The van der Waals surface area contributed by atoms with E-state index in [1.807, 2.05) is 0 Å². The van der Waals surface area contributed by atoms with Crippen LogP contribution >= 0.6 is 35.4 Å². The molecule has 2 aliphatic heterocycles. The fourth-order valence-electron chi connectivity index (χ4n) is 3.91. The van der Waals surface area contributed by atoms with E-state index in [1.54, 1.807) is 29.1 Å². The van der Waals surface area contributed by atoms with Crippen LogP contribution in [-0.2, 0) is 16.1 Å². The van der Waals surface area contributed by atoms with Gasteiger partial charge in [0.05, 0.1) is 51.7 Å². The number of nitrogens with one attached hydrogen (secondary N) is 2. The van der Waals surface area contributed by atoms with Crippen LogP contribution in [-0.4, -0.2) is 67.6 Å². The third kappa shape index (κ3) is 4.81. The van der Waals surface area contributed by atoms with Crippen LogP contribution in [0.5, 0.6) is 11.5 Å². The topological polar surface area (TPSA) is 101 Å². The number of hydrogen-bond donors (Lipinski definition) is 2. The van der Waals surface area contributed by atoms with E-state index in [-0.39, 0.29) is 18.0 Å². The molecule has 2 aromatic rings. The molecular formula is C22H24Cl2N6O4S. The normalized spacial score (nSPS) is 19.3. The molecule has 2 atom stereocenters. The minimum atomic E-state index is -0.268. The van der Waals surface area contributed by atoms with Crippen molar-refractivity contribution in [1.82, 2.24) is 15.3 Å². The Kier molecular flexibility index (Phi) is 7.50. The number of anilines is 3. The van der Waals surface area contributed by atoms with Crippen LogP contribution in [0.15, 0.2) is 24.9 Å². The van der Waals surface area contributed by atoms with E-state index >= 15 is 0 Å². The highest BCUT2D eigenvalue weighted by Crippen LogP contribution is 2.47. The lowest BCUT2D eigenvalue weighted by atomic mass is 10.1. The number of carbonyl (C=O) groups excluding carboxylic acids is 1. The maximum absolute atomic E-state index is 11.7. The van der Waals surface area contributed by atoms with Crippen molar-refractivity contribution in [2.45, 2.75) is 18.6 Å². The van der Waals surface area contributed by atoms with Crippen molar-refractivity contribution in [3.05, 3.63) is 40.5 Å². The summed E-state index contributed by atoms with van der Waals surface area (Å²) in [6.45, 7) is 4.60. The average Bonchev–Trinajstić information content (AvgIpc) is 3.28. The maximum atomic E-state index is 11.7. The number of ether oxygens (including phenoxy) is 3. The van der Waals surface area contributed by atoms with E-state index in [2.05, 4.69) is 27.2 Å². The zero-order chi connectivity index (χ0) is 25.3. The lowest BCUT2D eigenvalue weighted by Gasteiger charge is -2.37. The molecule has 10 nitrogen and oxygen atoms in total. The van der Waals surface area contributed by atoms with Crippen LogP contribution in [0, 0.1) is 0 Å². The van der Waals surface area contributed by atoms with Gasteiger partial charge in [-0.2, -0.15) is 4.98 Å². The minimum absolute atomic E-state index is 0.198. The molecule has 1 amide bonds. The van der Waals surface area contributed by atoms with Gasteiger partial charge in [-0.05, 0) is 18.3 Å². The van der Waals surface area contributed by atoms with Crippen molar-refractivity contribution < 1.29 is 19.0 Å². The second-order valence-corrected chi connectivity index (χ2v) is 8.96. The standard InChI is InChI=1S/C22H24Cl2N6O4S/c1-5-16(31)26-12-9-34-10-13(12)27-21-25-7-11-8-30(22(35)29(2)20(11)28-21)19-17(23)14(32-3)6-15(33-4)18(19)24/h5-7,12-13H,1,8-10H2,2-4H3,(H,26,31)(H,25,27,28)/t12-,13+/m0/s1. The van der Waals surface area contributed by atoms with Crippen molar-refractivity contribution in [2.24, 2.45) is 0 Å².